The normalized spacial score (nSPS) is 14.6. The van der Waals surface area contributed by atoms with Crippen molar-refractivity contribution < 1.29 is 4.74 Å². The van der Waals surface area contributed by atoms with E-state index in [9.17, 15) is 0 Å². The van der Waals surface area contributed by atoms with Crippen LogP contribution in [0.2, 0.25) is 5.15 Å². The Labute approximate surface area is 104 Å². The van der Waals surface area contributed by atoms with E-state index in [4.69, 9.17) is 16.3 Å². The quantitative estimate of drug-likeness (QED) is 0.833. The number of ether oxygens (including phenoxy) is 1. The summed E-state index contributed by atoms with van der Waals surface area (Å²) in [6, 6.07) is 11.5. The van der Waals surface area contributed by atoms with Gasteiger partial charge in [-0.3, -0.25) is 0 Å². The van der Waals surface area contributed by atoms with Crippen LogP contribution in [0, 0.1) is 0 Å². The summed E-state index contributed by atoms with van der Waals surface area (Å²) >= 11 is 5.71. The van der Waals surface area contributed by atoms with Crippen LogP contribution in [-0.2, 0) is 0 Å². The van der Waals surface area contributed by atoms with Crippen LogP contribution in [0.15, 0.2) is 36.4 Å². The van der Waals surface area contributed by atoms with Gasteiger partial charge in [-0.25, -0.2) is 0 Å². The van der Waals surface area contributed by atoms with E-state index >= 15 is 0 Å². The Morgan fingerprint density at radius 1 is 1.12 bits per heavy atom. The number of halogens is 1. The Morgan fingerprint density at radius 3 is 2.71 bits per heavy atom. The number of nitrogens with zero attached hydrogens (tertiary/aromatic N) is 2. The second kappa shape index (κ2) is 4.34. The zero-order valence-corrected chi connectivity index (χ0v) is 9.89. The van der Waals surface area contributed by atoms with Crippen LogP contribution in [0.5, 0.6) is 5.75 Å². The molecule has 0 bridgehead atoms. The SMILES string of the molecule is Clc1ccc(-c2cccc(OC3CC3)c2)nn1. The van der Waals surface area contributed by atoms with Crippen LogP contribution < -0.4 is 4.74 Å². The standard InChI is InChI=1S/C13H11ClN2O/c14-13-7-6-12(15-16-13)9-2-1-3-11(8-9)17-10-4-5-10/h1-3,6-8,10H,4-5H2. The molecule has 4 heteroatoms. The van der Waals surface area contributed by atoms with Gasteiger partial charge in [0.25, 0.3) is 0 Å². The van der Waals surface area contributed by atoms with Crippen molar-refractivity contribution in [2.45, 2.75) is 18.9 Å². The van der Waals surface area contributed by atoms with Crippen molar-refractivity contribution in [3.8, 4) is 17.0 Å². The van der Waals surface area contributed by atoms with Gasteiger partial charge in [-0.1, -0.05) is 23.7 Å². The molecule has 0 amide bonds. The minimum Gasteiger partial charge on any atom is -0.490 e. The molecule has 1 aliphatic rings. The van der Waals surface area contributed by atoms with Gasteiger partial charge in [0.1, 0.15) is 5.75 Å². The largest absolute Gasteiger partial charge is 0.490 e. The van der Waals surface area contributed by atoms with Crippen molar-refractivity contribution in [3.05, 3.63) is 41.6 Å². The molecule has 1 saturated carbocycles. The number of hydrogen-bond acceptors (Lipinski definition) is 3. The van der Waals surface area contributed by atoms with E-state index in [0.717, 1.165) is 29.8 Å². The van der Waals surface area contributed by atoms with Gasteiger partial charge < -0.3 is 4.74 Å². The molecule has 0 aliphatic heterocycles. The van der Waals surface area contributed by atoms with Crippen LogP contribution >= 0.6 is 11.6 Å². The second-order valence-electron chi connectivity index (χ2n) is 4.09. The third-order valence-corrected chi connectivity index (χ3v) is 2.79. The van der Waals surface area contributed by atoms with Gasteiger partial charge in [0.15, 0.2) is 5.15 Å². The zero-order valence-electron chi connectivity index (χ0n) is 9.14. The van der Waals surface area contributed by atoms with Crippen molar-refractivity contribution in [1.82, 2.24) is 10.2 Å². The maximum Gasteiger partial charge on any atom is 0.151 e. The summed E-state index contributed by atoms with van der Waals surface area (Å²) in [6.45, 7) is 0. The Morgan fingerprint density at radius 2 is 2.00 bits per heavy atom. The molecule has 0 spiro atoms. The predicted molar refractivity (Wildman–Crippen MR) is 66.1 cm³/mol. The summed E-state index contributed by atoms with van der Waals surface area (Å²) in [7, 11) is 0. The van der Waals surface area contributed by atoms with Crippen molar-refractivity contribution in [1.29, 1.82) is 0 Å². The highest BCUT2D eigenvalue weighted by atomic mass is 35.5. The molecule has 0 atom stereocenters. The second-order valence-corrected chi connectivity index (χ2v) is 4.47. The molecule has 1 aromatic heterocycles. The van der Waals surface area contributed by atoms with Crippen LogP contribution in [0.1, 0.15) is 12.8 Å². The van der Waals surface area contributed by atoms with Crippen molar-refractivity contribution in [2.24, 2.45) is 0 Å². The highest BCUT2D eigenvalue weighted by Gasteiger charge is 2.23. The van der Waals surface area contributed by atoms with Gasteiger partial charge in [0.2, 0.25) is 0 Å². The van der Waals surface area contributed by atoms with Gasteiger partial charge in [0.05, 0.1) is 11.8 Å². The Kier molecular flexibility index (Phi) is 2.69. The summed E-state index contributed by atoms with van der Waals surface area (Å²) in [6.07, 6.45) is 2.72. The van der Waals surface area contributed by atoms with Crippen molar-refractivity contribution in [3.63, 3.8) is 0 Å². The fraction of sp³-hybridized carbons (Fsp3) is 0.231. The average molecular weight is 247 g/mol. The zero-order chi connectivity index (χ0) is 11.7. The van der Waals surface area contributed by atoms with Crippen LogP contribution in [-0.4, -0.2) is 16.3 Å². The van der Waals surface area contributed by atoms with Crippen LogP contribution in [0.25, 0.3) is 11.3 Å². The van der Waals surface area contributed by atoms with Gasteiger partial charge in [-0.2, -0.15) is 0 Å². The number of rotatable bonds is 3. The molecule has 0 N–H and O–H groups in total. The molecule has 0 saturated heterocycles. The number of aromatic nitrogens is 2. The summed E-state index contributed by atoms with van der Waals surface area (Å²) in [5.74, 6) is 0.891. The molecule has 3 rings (SSSR count). The minimum absolute atomic E-state index is 0.402. The van der Waals surface area contributed by atoms with Crippen molar-refractivity contribution >= 4 is 11.6 Å². The lowest BCUT2D eigenvalue weighted by Gasteiger charge is -2.06. The fourth-order valence-corrected chi connectivity index (χ4v) is 1.68. The maximum atomic E-state index is 5.74. The molecule has 17 heavy (non-hydrogen) atoms. The molecule has 1 aliphatic carbocycles. The first-order chi connectivity index (χ1) is 8.31. The lowest BCUT2D eigenvalue weighted by Crippen LogP contribution is -1.96. The molecule has 2 aromatic rings. The summed E-state index contributed by atoms with van der Waals surface area (Å²) in [4.78, 5) is 0. The van der Waals surface area contributed by atoms with Gasteiger partial charge in [0, 0.05) is 5.56 Å². The van der Waals surface area contributed by atoms with Gasteiger partial charge in [-0.15, -0.1) is 10.2 Å². The Balaban J connectivity index is 1.88. The summed E-state index contributed by atoms with van der Waals surface area (Å²) in [5, 5.41) is 8.28. The molecular formula is C13H11ClN2O. The highest BCUT2D eigenvalue weighted by molar-refractivity contribution is 6.29. The fourth-order valence-electron chi connectivity index (χ4n) is 1.58. The highest BCUT2D eigenvalue weighted by Crippen LogP contribution is 2.29. The van der Waals surface area contributed by atoms with Crippen molar-refractivity contribution in [2.75, 3.05) is 0 Å². The minimum atomic E-state index is 0.402. The van der Waals surface area contributed by atoms with Gasteiger partial charge >= 0.3 is 0 Å². The van der Waals surface area contributed by atoms with E-state index in [1.165, 1.54) is 0 Å². The molecule has 3 nitrogen and oxygen atoms in total. The first-order valence-electron chi connectivity index (χ1n) is 5.57. The smallest absolute Gasteiger partial charge is 0.151 e. The van der Waals surface area contributed by atoms with E-state index in [0.29, 0.717) is 11.3 Å². The summed E-state index contributed by atoms with van der Waals surface area (Å²) in [5.41, 5.74) is 1.79. The Bertz CT molecular complexity index is 523. The van der Waals surface area contributed by atoms with Crippen LogP contribution in [0.4, 0.5) is 0 Å². The lowest BCUT2D eigenvalue weighted by molar-refractivity contribution is 0.303. The van der Waals surface area contributed by atoms with Crippen LogP contribution in [0.3, 0.4) is 0 Å². The molecule has 0 radical (unpaired) electrons. The average Bonchev–Trinajstić information content (AvgIpc) is 3.14. The molecular weight excluding hydrogens is 236 g/mol. The first-order valence-corrected chi connectivity index (χ1v) is 5.95. The van der Waals surface area contributed by atoms with E-state index in [-0.39, 0.29) is 0 Å². The molecule has 1 fully saturated rings. The summed E-state index contributed by atoms with van der Waals surface area (Å²) < 4.78 is 5.74. The number of benzene rings is 1. The predicted octanol–water partition coefficient (Wildman–Crippen LogP) is 3.34. The van der Waals surface area contributed by atoms with E-state index < -0.39 is 0 Å². The van der Waals surface area contributed by atoms with Gasteiger partial charge in [-0.05, 0) is 37.1 Å². The third kappa shape index (κ3) is 2.56. The van der Waals surface area contributed by atoms with E-state index in [2.05, 4.69) is 10.2 Å². The number of hydrogen-bond donors (Lipinski definition) is 0. The molecule has 0 unspecified atom stereocenters. The topological polar surface area (TPSA) is 35.0 Å². The Hall–Kier alpha value is -1.61. The third-order valence-electron chi connectivity index (χ3n) is 2.59. The molecule has 86 valence electrons. The maximum absolute atomic E-state index is 5.74. The monoisotopic (exact) mass is 246 g/mol. The first kappa shape index (κ1) is 10.5. The lowest BCUT2D eigenvalue weighted by atomic mass is 10.1. The molecule has 1 heterocycles. The van der Waals surface area contributed by atoms with E-state index in [1.54, 1.807) is 6.07 Å². The van der Waals surface area contributed by atoms with E-state index in [1.807, 2.05) is 30.3 Å². The molecule has 1 aromatic carbocycles.